The molecule has 0 fully saturated rings. The van der Waals surface area contributed by atoms with Crippen molar-refractivity contribution in [3.05, 3.63) is 0 Å². The van der Waals surface area contributed by atoms with Crippen molar-refractivity contribution in [3.8, 4) is 0 Å². The summed E-state index contributed by atoms with van der Waals surface area (Å²) in [6.07, 6.45) is 21.4. The van der Waals surface area contributed by atoms with Crippen LogP contribution in [0.3, 0.4) is 0 Å². The number of thioether (sulfide) groups is 1. The summed E-state index contributed by atoms with van der Waals surface area (Å²) in [5, 5.41) is 8.65. The maximum absolute atomic E-state index is 12.0. The lowest BCUT2D eigenvalue weighted by atomic mass is 9.94. The van der Waals surface area contributed by atoms with Crippen LogP contribution in [0.1, 0.15) is 129 Å². The third-order valence-electron chi connectivity index (χ3n) is 5.82. The second-order valence-electron chi connectivity index (χ2n) is 8.88. The van der Waals surface area contributed by atoms with Crippen molar-refractivity contribution in [2.75, 3.05) is 18.1 Å². The van der Waals surface area contributed by atoms with Crippen LogP contribution < -0.4 is 0 Å². The van der Waals surface area contributed by atoms with Crippen molar-refractivity contribution >= 4 is 23.7 Å². The predicted molar refractivity (Wildman–Crippen MR) is 134 cm³/mol. The van der Waals surface area contributed by atoms with Gasteiger partial charge in [0.25, 0.3) is 0 Å². The lowest BCUT2D eigenvalue weighted by molar-refractivity contribution is -0.144. The molecule has 0 rings (SSSR count). The highest BCUT2D eigenvalue weighted by molar-refractivity contribution is 7.99. The third kappa shape index (κ3) is 23.8. The molecule has 0 spiro atoms. The van der Waals surface area contributed by atoms with Crippen LogP contribution in [0.15, 0.2) is 0 Å². The molecule has 0 aliphatic carbocycles. The van der Waals surface area contributed by atoms with E-state index >= 15 is 0 Å². The number of aliphatic carboxylic acids is 1. The van der Waals surface area contributed by atoms with E-state index in [-0.39, 0.29) is 12.4 Å². The highest BCUT2D eigenvalue weighted by atomic mass is 32.2. The summed E-state index contributed by atoms with van der Waals surface area (Å²) < 4.78 is 5.58. The Balaban J connectivity index is 4.01. The monoisotopic (exact) mass is 458 g/mol. The molecule has 0 heterocycles. The van der Waals surface area contributed by atoms with Crippen molar-refractivity contribution in [1.82, 2.24) is 0 Å². The largest absolute Gasteiger partial charge is 0.481 e. The summed E-state index contributed by atoms with van der Waals surface area (Å²) in [5.74, 6) is 0.781. The SMILES string of the molecule is CCCCCCCCCCC(CCCCCCCC)COC(=O)CCSCCC(=O)O. The van der Waals surface area contributed by atoms with Crippen molar-refractivity contribution in [3.63, 3.8) is 0 Å². The molecule has 0 aliphatic rings. The van der Waals surface area contributed by atoms with Crippen LogP contribution in [0.2, 0.25) is 0 Å². The minimum absolute atomic E-state index is 0.133. The molecule has 0 aromatic carbocycles. The second kappa shape index (κ2) is 23.9. The van der Waals surface area contributed by atoms with Crippen LogP contribution >= 0.6 is 11.8 Å². The van der Waals surface area contributed by atoms with E-state index in [1.54, 1.807) is 0 Å². The molecule has 0 aliphatic heterocycles. The number of esters is 1. The quantitative estimate of drug-likeness (QED) is 0.117. The molecule has 0 aromatic rings. The molecule has 4 nitrogen and oxygen atoms in total. The smallest absolute Gasteiger partial charge is 0.306 e. The van der Waals surface area contributed by atoms with Gasteiger partial charge < -0.3 is 9.84 Å². The molecule has 184 valence electrons. The Morgan fingerprint density at radius 1 is 0.710 bits per heavy atom. The Morgan fingerprint density at radius 3 is 1.65 bits per heavy atom. The molecular weight excluding hydrogens is 408 g/mol. The first kappa shape index (κ1) is 30.3. The number of hydrogen-bond acceptors (Lipinski definition) is 4. The zero-order valence-electron chi connectivity index (χ0n) is 20.5. The number of carboxylic acids is 1. The third-order valence-corrected chi connectivity index (χ3v) is 6.81. The Hall–Kier alpha value is -0.710. The number of unbranched alkanes of at least 4 members (excludes halogenated alkanes) is 12. The van der Waals surface area contributed by atoms with E-state index in [0.717, 1.165) is 0 Å². The summed E-state index contributed by atoms with van der Waals surface area (Å²) in [4.78, 5) is 22.6. The van der Waals surface area contributed by atoms with Gasteiger partial charge in [-0.15, -0.1) is 0 Å². The van der Waals surface area contributed by atoms with Crippen molar-refractivity contribution in [1.29, 1.82) is 0 Å². The summed E-state index contributed by atoms with van der Waals surface area (Å²) in [6.45, 7) is 5.07. The van der Waals surface area contributed by atoms with Gasteiger partial charge in [-0.05, 0) is 18.8 Å². The van der Waals surface area contributed by atoms with Crippen LogP contribution in [0.25, 0.3) is 0 Å². The number of carboxylic acid groups (broad SMARTS) is 1. The Labute approximate surface area is 196 Å². The maximum atomic E-state index is 12.0. The predicted octanol–water partition coefficient (Wildman–Crippen LogP) is 8.03. The van der Waals surface area contributed by atoms with E-state index < -0.39 is 5.97 Å². The fourth-order valence-corrected chi connectivity index (χ4v) is 4.63. The zero-order chi connectivity index (χ0) is 23.0. The highest BCUT2D eigenvalue weighted by Crippen LogP contribution is 2.20. The van der Waals surface area contributed by atoms with Crippen molar-refractivity contribution in [2.24, 2.45) is 5.92 Å². The van der Waals surface area contributed by atoms with E-state index in [0.29, 0.717) is 30.5 Å². The van der Waals surface area contributed by atoms with Gasteiger partial charge in [0.05, 0.1) is 19.4 Å². The number of carbonyl (C=O) groups is 2. The van der Waals surface area contributed by atoms with Gasteiger partial charge in [-0.1, -0.05) is 104 Å². The first-order chi connectivity index (χ1) is 15.1. The molecule has 0 saturated carbocycles. The molecular formula is C26H50O4S. The molecule has 0 saturated heterocycles. The van der Waals surface area contributed by atoms with Gasteiger partial charge in [-0.3, -0.25) is 9.59 Å². The van der Waals surface area contributed by atoms with Gasteiger partial charge >= 0.3 is 11.9 Å². The van der Waals surface area contributed by atoms with Gasteiger partial charge in [-0.25, -0.2) is 0 Å². The maximum Gasteiger partial charge on any atom is 0.306 e. The van der Waals surface area contributed by atoms with Gasteiger partial charge in [0.1, 0.15) is 0 Å². The fourth-order valence-electron chi connectivity index (χ4n) is 3.79. The minimum atomic E-state index is -0.784. The van der Waals surface area contributed by atoms with Gasteiger partial charge in [-0.2, -0.15) is 11.8 Å². The van der Waals surface area contributed by atoms with E-state index in [1.807, 2.05) is 0 Å². The highest BCUT2D eigenvalue weighted by Gasteiger charge is 2.12. The zero-order valence-corrected chi connectivity index (χ0v) is 21.3. The van der Waals surface area contributed by atoms with Crippen LogP contribution in [0.5, 0.6) is 0 Å². The lowest BCUT2D eigenvalue weighted by Gasteiger charge is -2.17. The Bertz CT molecular complexity index is 414. The van der Waals surface area contributed by atoms with Crippen LogP contribution in [-0.2, 0) is 14.3 Å². The number of carbonyl (C=O) groups excluding carboxylic acids is 1. The van der Waals surface area contributed by atoms with Crippen LogP contribution in [-0.4, -0.2) is 35.2 Å². The van der Waals surface area contributed by atoms with E-state index in [1.165, 1.54) is 114 Å². The van der Waals surface area contributed by atoms with E-state index in [4.69, 9.17) is 9.84 Å². The molecule has 31 heavy (non-hydrogen) atoms. The van der Waals surface area contributed by atoms with Crippen molar-refractivity contribution in [2.45, 2.75) is 129 Å². The normalized spacial score (nSPS) is 12.1. The number of hydrogen-bond donors (Lipinski definition) is 1. The van der Waals surface area contributed by atoms with E-state index in [2.05, 4.69) is 13.8 Å². The molecule has 1 unspecified atom stereocenters. The van der Waals surface area contributed by atoms with Crippen LogP contribution in [0, 0.1) is 5.92 Å². The topological polar surface area (TPSA) is 63.6 Å². The van der Waals surface area contributed by atoms with Crippen LogP contribution in [0.4, 0.5) is 0 Å². The summed E-state index contributed by atoms with van der Waals surface area (Å²) in [6, 6.07) is 0. The Morgan fingerprint density at radius 2 is 1.16 bits per heavy atom. The molecule has 0 bridgehead atoms. The van der Waals surface area contributed by atoms with Gasteiger partial charge in [0.2, 0.25) is 0 Å². The minimum Gasteiger partial charge on any atom is -0.481 e. The number of ether oxygens (including phenoxy) is 1. The average molecular weight is 459 g/mol. The van der Waals surface area contributed by atoms with Gasteiger partial charge in [0, 0.05) is 11.5 Å². The lowest BCUT2D eigenvalue weighted by Crippen LogP contribution is -2.15. The van der Waals surface area contributed by atoms with Crippen molar-refractivity contribution < 1.29 is 19.4 Å². The summed E-state index contributed by atoms with van der Waals surface area (Å²) >= 11 is 1.51. The molecule has 5 heteroatoms. The van der Waals surface area contributed by atoms with E-state index in [9.17, 15) is 9.59 Å². The molecule has 1 atom stereocenters. The first-order valence-electron chi connectivity index (χ1n) is 13.0. The summed E-state index contributed by atoms with van der Waals surface area (Å²) in [7, 11) is 0. The Kier molecular flexibility index (Phi) is 23.4. The average Bonchev–Trinajstić information content (AvgIpc) is 2.75. The first-order valence-corrected chi connectivity index (χ1v) is 14.2. The number of rotatable bonds is 24. The molecule has 0 amide bonds. The molecule has 0 radical (unpaired) electrons. The second-order valence-corrected chi connectivity index (χ2v) is 10.1. The van der Waals surface area contributed by atoms with Gasteiger partial charge in [0.15, 0.2) is 0 Å². The fraction of sp³-hybridized carbons (Fsp3) is 0.923. The summed E-state index contributed by atoms with van der Waals surface area (Å²) in [5.41, 5.74) is 0. The molecule has 0 aromatic heterocycles. The molecule has 1 N–H and O–H groups in total. The standard InChI is InChI=1S/C26H50O4S/c1-3-5-7-9-11-12-14-16-18-24(17-15-13-10-8-6-4-2)23-30-26(29)20-22-31-21-19-25(27)28/h24H,3-23H2,1-2H3,(H,27,28).